The van der Waals surface area contributed by atoms with Crippen LogP contribution in [0.3, 0.4) is 0 Å². The predicted molar refractivity (Wildman–Crippen MR) is 155 cm³/mol. The number of Topliss-reactive ketones (excluding diaryl/α,β-unsaturated/α-hetero) is 1. The number of nitrogens with zero attached hydrogens (tertiary/aromatic N) is 1. The molecule has 0 bridgehead atoms. The summed E-state index contributed by atoms with van der Waals surface area (Å²) in [5.41, 5.74) is 3.16. The number of allylic oxidation sites excluding steroid dienone is 6. The maximum absolute atomic E-state index is 14.1. The van der Waals surface area contributed by atoms with Crippen molar-refractivity contribution in [3.63, 3.8) is 0 Å². The Hall–Kier alpha value is -4.95. The Kier molecular flexibility index (Phi) is 6.32. The van der Waals surface area contributed by atoms with E-state index >= 15 is 0 Å². The van der Waals surface area contributed by atoms with Crippen LogP contribution in [-0.4, -0.2) is 34.3 Å². The van der Waals surface area contributed by atoms with Crippen molar-refractivity contribution in [2.75, 3.05) is 4.90 Å². The summed E-state index contributed by atoms with van der Waals surface area (Å²) in [7, 11) is 0. The first-order valence-corrected chi connectivity index (χ1v) is 14.3. The normalized spacial score (nSPS) is 24.8. The standard InChI is InChI=1S/C35H27NO7/c1-18-15-27(38)26-16-25-23(30(31(26)32(18)39)28-14-11-22(17-37)43-28)12-13-24-29(25)35(42)36(34(24)41)21-9-7-20(8-10-21)33(40)19-5-3-2-4-6-19/h2-12,14-15,24-25,29-30,37H,13,16-17H2,1H3. The highest BCUT2D eigenvalue weighted by molar-refractivity contribution is 6.25. The Bertz CT molecular complexity index is 1820. The van der Waals surface area contributed by atoms with Crippen LogP contribution in [0, 0.1) is 17.8 Å². The number of ketones is 3. The molecule has 8 heteroatoms. The summed E-state index contributed by atoms with van der Waals surface area (Å²) in [4.78, 5) is 68.6. The number of hydrogen-bond donors (Lipinski definition) is 1. The summed E-state index contributed by atoms with van der Waals surface area (Å²) in [6.45, 7) is 1.28. The molecule has 8 nitrogen and oxygen atoms in total. The molecule has 4 unspecified atom stereocenters. The van der Waals surface area contributed by atoms with Gasteiger partial charge in [-0.25, -0.2) is 0 Å². The quantitative estimate of drug-likeness (QED) is 0.204. The van der Waals surface area contributed by atoms with Gasteiger partial charge < -0.3 is 9.52 Å². The monoisotopic (exact) mass is 573 g/mol. The number of amides is 2. The Morgan fingerprint density at radius 2 is 1.63 bits per heavy atom. The number of rotatable bonds is 5. The first-order chi connectivity index (χ1) is 20.8. The summed E-state index contributed by atoms with van der Waals surface area (Å²) >= 11 is 0. The number of benzene rings is 2. The molecule has 4 aliphatic rings. The van der Waals surface area contributed by atoms with Gasteiger partial charge >= 0.3 is 0 Å². The van der Waals surface area contributed by atoms with Crippen molar-refractivity contribution in [3.8, 4) is 0 Å². The Morgan fingerprint density at radius 1 is 0.907 bits per heavy atom. The van der Waals surface area contributed by atoms with Crippen molar-refractivity contribution >= 4 is 34.9 Å². The number of furan rings is 1. The van der Waals surface area contributed by atoms with Gasteiger partial charge in [0, 0.05) is 27.8 Å². The van der Waals surface area contributed by atoms with Crippen LogP contribution in [0.4, 0.5) is 5.69 Å². The minimum atomic E-state index is -0.725. The molecule has 7 rings (SSSR count). The molecule has 1 N–H and O–H groups in total. The summed E-state index contributed by atoms with van der Waals surface area (Å²) in [6, 6.07) is 18.6. The lowest BCUT2D eigenvalue weighted by Crippen LogP contribution is -2.39. The number of fused-ring (bicyclic) bond motifs is 3. The topological polar surface area (TPSA) is 122 Å². The van der Waals surface area contributed by atoms with Gasteiger partial charge in [-0.2, -0.15) is 0 Å². The van der Waals surface area contributed by atoms with Gasteiger partial charge in [0.05, 0.1) is 23.4 Å². The fourth-order valence-electron chi connectivity index (χ4n) is 7.10. The van der Waals surface area contributed by atoms with Gasteiger partial charge in [0.25, 0.3) is 0 Å². The number of carbonyl (C=O) groups is 5. The SMILES string of the molecule is CC1=CC(=O)C2=C(C1=O)C(c1ccc(CO)o1)C1=CCC3C(=O)N(c4ccc(C(=O)c5ccccc5)cc4)C(=O)C3C1C2. The van der Waals surface area contributed by atoms with Gasteiger partial charge in [-0.05, 0) is 68.2 Å². The van der Waals surface area contributed by atoms with Gasteiger partial charge in [-0.3, -0.25) is 28.9 Å². The highest BCUT2D eigenvalue weighted by atomic mass is 16.4. The predicted octanol–water partition coefficient (Wildman–Crippen LogP) is 4.64. The molecule has 214 valence electrons. The molecule has 1 fully saturated rings. The van der Waals surface area contributed by atoms with Crippen LogP contribution in [0.25, 0.3) is 0 Å². The third-order valence-electron chi connectivity index (χ3n) is 9.11. The minimum Gasteiger partial charge on any atom is -0.463 e. The number of hydrogen-bond acceptors (Lipinski definition) is 7. The number of aliphatic hydroxyl groups is 1. The van der Waals surface area contributed by atoms with Crippen LogP contribution in [0.15, 0.2) is 106 Å². The molecule has 3 aromatic rings. The summed E-state index contributed by atoms with van der Waals surface area (Å²) in [5.74, 6) is -3.19. The highest BCUT2D eigenvalue weighted by Crippen LogP contribution is 2.55. The van der Waals surface area contributed by atoms with Crippen LogP contribution < -0.4 is 4.90 Å². The molecule has 0 spiro atoms. The van der Waals surface area contributed by atoms with Gasteiger partial charge in [0.15, 0.2) is 17.3 Å². The van der Waals surface area contributed by atoms with E-state index in [1.54, 1.807) is 67.6 Å². The van der Waals surface area contributed by atoms with Gasteiger partial charge in [0.1, 0.15) is 18.1 Å². The van der Waals surface area contributed by atoms with Crippen LogP contribution in [0.5, 0.6) is 0 Å². The van der Waals surface area contributed by atoms with E-state index in [9.17, 15) is 29.1 Å². The van der Waals surface area contributed by atoms with Gasteiger partial charge in [0.2, 0.25) is 11.8 Å². The third-order valence-corrected chi connectivity index (χ3v) is 9.11. The van der Waals surface area contributed by atoms with Crippen LogP contribution in [0.1, 0.15) is 53.1 Å². The molecule has 1 aliphatic heterocycles. The summed E-state index contributed by atoms with van der Waals surface area (Å²) < 4.78 is 5.90. The van der Waals surface area contributed by atoms with E-state index < -0.39 is 23.7 Å². The van der Waals surface area contributed by atoms with E-state index in [0.717, 1.165) is 5.57 Å². The molecule has 0 saturated carbocycles. The fraction of sp³-hybridized carbons (Fsp3) is 0.229. The molecule has 3 aliphatic carbocycles. The van der Waals surface area contributed by atoms with Crippen LogP contribution >= 0.6 is 0 Å². The minimum absolute atomic E-state index is 0.163. The summed E-state index contributed by atoms with van der Waals surface area (Å²) in [5, 5.41) is 9.62. The molecular weight excluding hydrogens is 546 g/mol. The number of imide groups is 1. The van der Waals surface area contributed by atoms with Crippen molar-refractivity contribution in [3.05, 3.63) is 124 Å². The highest BCUT2D eigenvalue weighted by Gasteiger charge is 2.57. The number of aliphatic hydroxyl groups excluding tert-OH is 1. The van der Waals surface area contributed by atoms with Gasteiger partial charge in [-0.15, -0.1) is 0 Å². The lowest BCUT2D eigenvalue weighted by atomic mass is 9.60. The molecule has 4 atom stereocenters. The van der Waals surface area contributed by atoms with Crippen molar-refractivity contribution in [2.45, 2.75) is 32.3 Å². The molecule has 1 saturated heterocycles. The molecule has 1 aromatic heterocycles. The Balaban J connectivity index is 1.24. The maximum atomic E-state index is 14.1. The number of carbonyl (C=O) groups excluding carboxylic acids is 5. The van der Waals surface area contributed by atoms with Crippen molar-refractivity contribution in [1.29, 1.82) is 0 Å². The average molecular weight is 574 g/mol. The first kappa shape index (κ1) is 26.9. The molecule has 43 heavy (non-hydrogen) atoms. The van der Waals surface area contributed by atoms with Crippen molar-refractivity contribution in [2.24, 2.45) is 17.8 Å². The Morgan fingerprint density at radius 3 is 2.33 bits per heavy atom. The average Bonchev–Trinajstić information content (AvgIpc) is 3.61. The molecule has 0 radical (unpaired) electrons. The number of anilines is 1. The lowest BCUT2D eigenvalue weighted by Gasteiger charge is -2.41. The fourth-order valence-corrected chi connectivity index (χ4v) is 7.10. The van der Waals surface area contributed by atoms with E-state index in [1.165, 1.54) is 11.0 Å². The molecule has 2 amide bonds. The second-order valence-corrected chi connectivity index (χ2v) is 11.4. The maximum Gasteiger partial charge on any atom is 0.238 e. The van der Waals surface area contributed by atoms with E-state index in [0.29, 0.717) is 51.5 Å². The van der Waals surface area contributed by atoms with E-state index in [4.69, 9.17) is 4.42 Å². The molecule has 2 heterocycles. The van der Waals surface area contributed by atoms with Crippen molar-refractivity contribution in [1.82, 2.24) is 0 Å². The molecular formula is C35H27NO7. The van der Waals surface area contributed by atoms with E-state index in [-0.39, 0.29) is 42.2 Å². The van der Waals surface area contributed by atoms with Crippen LogP contribution in [0.2, 0.25) is 0 Å². The lowest BCUT2D eigenvalue weighted by molar-refractivity contribution is -0.123. The second-order valence-electron chi connectivity index (χ2n) is 11.4. The largest absolute Gasteiger partial charge is 0.463 e. The zero-order valence-corrected chi connectivity index (χ0v) is 23.3. The zero-order valence-electron chi connectivity index (χ0n) is 23.3. The first-order valence-electron chi connectivity index (χ1n) is 14.3. The molecule has 2 aromatic carbocycles. The Labute approximate surface area is 247 Å². The smallest absolute Gasteiger partial charge is 0.238 e. The van der Waals surface area contributed by atoms with E-state index in [2.05, 4.69) is 0 Å². The third kappa shape index (κ3) is 4.12. The van der Waals surface area contributed by atoms with E-state index in [1.807, 2.05) is 12.1 Å². The van der Waals surface area contributed by atoms with Crippen LogP contribution in [-0.2, 0) is 25.8 Å². The zero-order chi connectivity index (χ0) is 30.0. The summed E-state index contributed by atoms with van der Waals surface area (Å²) in [6.07, 6.45) is 3.72. The van der Waals surface area contributed by atoms with Gasteiger partial charge in [-0.1, -0.05) is 42.0 Å². The second kappa shape index (κ2) is 10.1. The van der Waals surface area contributed by atoms with Crippen molar-refractivity contribution < 1.29 is 33.5 Å².